The number of rotatable bonds is 4. The van der Waals surface area contributed by atoms with Gasteiger partial charge < -0.3 is 5.32 Å². The molecule has 0 aromatic carbocycles. The van der Waals surface area contributed by atoms with Crippen molar-refractivity contribution in [2.24, 2.45) is 16.7 Å². The number of carbonyl (C=O) groups is 2. The summed E-state index contributed by atoms with van der Waals surface area (Å²) in [7, 11) is 0. The molecule has 3 nitrogen and oxygen atoms in total. The van der Waals surface area contributed by atoms with Crippen LogP contribution in [0.3, 0.4) is 0 Å². The third-order valence-corrected chi connectivity index (χ3v) is 5.19. The molecule has 1 heterocycles. The molecule has 3 atom stereocenters. The van der Waals surface area contributed by atoms with Crippen LogP contribution in [0.5, 0.6) is 0 Å². The van der Waals surface area contributed by atoms with Gasteiger partial charge in [-0.1, -0.05) is 47.6 Å². The van der Waals surface area contributed by atoms with Crippen molar-refractivity contribution in [2.45, 2.75) is 59.9 Å². The molecule has 1 amide bonds. The standard InChI is InChI=1S/C18H27NO2S/c1-17(2,3)14(15(20)18(4,5)6)19-16(21)12-10-11(12)13-8-7-9-22-13/h7-9,11-12,14H,10H2,1-6H3,(H,19,21)/t11-,12?,14+/m0/s1. The monoisotopic (exact) mass is 321 g/mol. The van der Waals surface area contributed by atoms with Gasteiger partial charge in [-0.2, -0.15) is 0 Å². The highest BCUT2D eigenvalue weighted by molar-refractivity contribution is 7.10. The average molecular weight is 321 g/mol. The van der Waals surface area contributed by atoms with Gasteiger partial charge in [-0.3, -0.25) is 9.59 Å². The SMILES string of the molecule is CC(C)(C)C(=O)[C@@H](NC(=O)C1C[C@@H]1c1cccs1)C(C)(C)C. The quantitative estimate of drug-likeness (QED) is 0.911. The number of ketones is 1. The van der Waals surface area contributed by atoms with Crippen LogP contribution in [-0.4, -0.2) is 17.7 Å². The molecule has 1 unspecified atom stereocenters. The van der Waals surface area contributed by atoms with Crippen LogP contribution in [-0.2, 0) is 9.59 Å². The predicted molar refractivity (Wildman–Crippen MR) is 91.0 cm³/mol. The number of Topliss-reactive ketones (excluding diaryl/α,β-unsaturated/α-hetero) is 1. The number of amides is 1. The van der Waals surface area contributed by atoms with Crippen molar-refractivity contribution in [1.82, 2.24) is 5.32 Å². The van der Waals surface area contributed by atoms with Crippen molar-refractivity contribution in [3.8, 4) is 0 Å². The van der Waals surface area contributed by atoms with Crippen molar-refractivity contribution in [1.29, 1.82) is 0 Å². The predicted octanol–water partition coefficient (Wildman–Crippen LogP) is 4.00. The van der Waals surface area contributed by atoms with Gasteiger partial charge in [0.25, 0.3) is 0 Å². The second-order valence-electron chi connectivity index (χ2n) is 8.39. The smallest absolute Gasteiger partial charge is 0.224 e. The Morgan fingerprint density at radius 2 is 1.86 bits per heavy atom. The Hall–Kier alpha value is -1.16. The molecule has 0 aliphatic heterocycles. The third-order valence-electron chi connectivity index (χ3n) is 4.19. The summed E-state index contributed by atoms with van der Waals surface area (Å²) < 4.78 is 0. The molecule has 1 aliphatic rings. The molecule has 0 bridgehead atoms. The number of hydrogen-bond acceptors (Lipinski definition) is 3. The topological polar surface area (TPSA) is 46.2 Å². The maximum atomic E-state index is 12.7. The minimum absolute atomic E-state index is 0.0240. The maximum Gasteiger partial charge on any atom is 0.224 e. The summed E-state index contributed by atoms with van der Waals surface area (Å²) in [4.78, 5) is 26.5. The fourth-order valence-corrected chi connectivity index (χ4v) is 3.57. The molecule has 1 N–H and O–H groups in total. The second-order valence-corrected chi connectivity index (χ2v) is 9.37. The normalized spacial score (nSPS) is 23.0. The third kappa shape index (κ3) is 3.78. The van der Waals surface area contributed by atoms with E-state index in [1.165, 1.54) is 4.88 Å². The van der Waals surface area contributed by atoms with E-state index in [-0.39, 0.29) is 23.0 Å². The Morgan fingerprint density at radius 3 is 2.32 bits per heavy atom. The molecule has 22 heavy (non-hydrogen) atoms. The molecule has 1 aromatic heterocycles. The zero-order valence-corrected chi connectivity index (χ0v) is 15.2. The van der Waals surface area contributed by atoms with Crippen LogP contribution >= 0.6 is 11.3 Å². The summed E-state index contributed by atoms with van der Waals surface area (Å²) in [6, 6.07) is 3.67. The summed E-state index contributed by atoms with van der Waals surface area (Å²) in [6.45, 7) is 11.7. The van der Waals surface area contributed by atoms with E-state index in [1.54, 1.807) is 11.3 Å². The molecule has 4 heteroatoms. The van der Waals surface area contributed by atoms with Crippen LogP contribution in [0.15, 0.2) is 17.5 Å². The lowest BCUT2D eigenvalue weighted by Gasteiger charge is -2.34. The maximum absolute atomic E-state index is 12.7. The first-order chi connectivity index (χ1) is 10.0. The number of nitrogens with one attached hydrogen (secondary N) is 1. The number of hydrogen-bond donors (Lipinski definition) is 1. The second kappa shape index (κ2) is 5.80. The van der Waals surface area contributed by atoms with Crippen LogP contribution in [0, 0.1) is 16.7 Å². The summed E-state index contributed by atoms with van der Waals surface area (Å²) in [6.07, 6.45) is 0.896. The summed E-state index contributed by atoms with van der Waals surface area (Å²) in [5.41, 5.74) is -0.741. The first kappa shape index (κ1) is 17.2. The van der Waals surface area contributed by atoms with E-state index in [0.29, 0.717) is 5.92 Å². The van der Waals surface area contributed by atoms with Crippen LogP contribution in [0.2, 0.25) is 0 Å². The van der Waals surface area contributed by atoms with E-state index >= 15 is 0 Å². The molecule has 1 fully saturated rings. The van der Waals surface area contributed by atoms with Crippen LogP contribution in [0.25, 0.3) is 0 Å². The summed E-state index contributed by atoms with van der Waals surface area (Å²) >= 11 is 1.70. The van der Waals surface area contributed by atoms with E-state index in [0.717, 1.165) is 6.42 Å². The Labute approximate surface area is 137 Å². The van der Waals surface area contributed by atoms with Crippen LogP contribution in [0.1, 0.15) is 58.8 Å². The zero-order valence-electron chi connectivity index (χ0n) is 14.4. The van der Waals surface area contributed by atoms with Crippen molar-refractivity contribution in [3.63, 3.8) is 0 Å². The fourth-order valence-electron chi connectivity index (χ4n) is 2.66. The number of thiophene rings is 1. The van der Waals surface area contributed by atoms with Gasteiger partial charge in [-0.05, 0) is 23.3 Å². The van der Waals surface area contributed by atoms with Crippen molar-refractivity contribution in [3.05, 3.63) is 22.4 Å². The van der Waals surface area contributed by atoms with E-state index < -0.39 is 11.5 Å². The van der Waals surface area contributed by atoms with E-state index in [9.17, 15) is 9.59 Å². The Kier molecular flexibility index (Phi) is 4.54. The lowest BCUT2D eigenvalue weighted by Crippen LogP contribution is -2.53. The minimum atomic E-state index is -0.456. The van der Waals surface area contributed by atoms with Gasteiger partial charge in [0.2, 0.25) is 5.91 Å². The molecular formula is C18H27NO2S. The molecule has 0 saturated heterocycles. The zero-order chi connectivity index (χ0) is 16.7. The Morgan fingerprint density at radius 1 is 1.23 bits per heavy atom. The van der Waals surface area contributed by atoms with Gasteiger partial charge in [0.05, 0.1) is 6.04 Å². The Balaban J connectivity index is 2.06. The van der Waals surface area contributed by atoms with Gasteiger partial charge >= 0.3 is 0 Å². The largest absolute Gasteiger partial charge is 0.345 e. The molecule has 0 radical (unpaired) electrons. The summed E-state index contributed by atoms with van der Waals surface area (Å²) in [5, 5.41) is 5.08. The molecule has 1 aromatic rings. The molecule has 122 valence electrons. The molecule has 1 saturated carbocycles. The Bertz CT molecular complexity index is 549. The molecule has 0 spiro atoms. The van der Waals surface area contributed by atoms with Crippen molar-refractivity contribution < 1.29 is 9.59 Å². The van der Waals surface area contributed by atoms with Gasteiger partial charge in [0, 0.05) is 22.1 Å². The van der Waals surface area contributed by atoms with Crippen molar-refractivity contribution in [2.75, 3.05) is 0 Å². The van der Waals surface area contributed by atoms with Crippen LogP contribution in [0.4, 0.5) is 0 Å². The van der Waals surface area contributed by atoms with E-state index in [2.05, 4.69) is 11.4 Å². The van der Waals surface area contributed by atoms with Crippen LogP contribution < -0.4 is 5.32 Å². The minimum Gasteiger partial charge on any atom is -0.345 e. The first-order valence-corrected chi connectivity index (χ1v) is 8.78. The van der Waals surface area contributed by atoms with Gasteiger partial charge in [0.1, 0.15) is 0 Å². The average Bonchev–Trinajstić information content (AvgIpc) is 2.99. The van der Waals surface area contributed by atoms with Gasteiger partial charge in [-0.15, -0.1) is 11.3 Å². The summed E-state index contributed by atoms with van der Waals surface area (Å²) in [5.74, 6) is 0.485. The highest BCUT2D eigenvalue weighted by atomic mass is 32.1. The lowest BCUT2D eigenvalue weighted by molar-refractivity contribution is -0.135. The van der Waals surface area contributed by atoms with Gasteiger partial charge in [-0.25, -0.2) is 0 Å². The van der Waals surface area contributed by atoms with Crippen molar-refractivity contribution >= 4 is 23.0 Å². The molecule has 1 aliphatic carbocycles. The van der Waals surface area contributed by atoms with E-state index in [4.69, 9.17) is 0 Å². The highest BCUT2D eigenvalue weighted by Crippen LogP contribution is 2.49. The van der Waals surface area contributed by atoms with E-state index in [1.807, 2.05) is 53.0 Å². The first-order valence-electron chi connectivity index (χ1n) is 7.90. The fraction of sp³-hybridized carbons (Fsp3) is 0.667. The lowest BCUT2D eigenvalue weighted by atomic mass is 9.75. The highest BCUT2D eigenvalue weighted by Gasteiger charge is 2.47. The molecular weight excluding hydrogens is 294 g/mol. The van der Waals surface area contributed by atoms with Gasteiger partial charge in [0.15, 0.2) is 5.78 Å². The number of carbonyl (C=O) groups excluding carboxylic acids is 2. The molecule has 2 rings (SSSR count).